The number of fused-ring (bicyclic) bond motifs is 1. The number of benzene rings is 2. The molecule has 10 heteroatoms. The number of carbonyl (C=O) groups excluding carboxylic acids is 3. The summed E-state index contributed by atoms with van der Waals surface area (Å²) in [5.41, 5.74) is 1.64. The number of ether oxygens (including phenoxy) is 1. The van der Waals surface area contributed by atoms with E-state index in [1.54, 1.807) is 32.0 Å². The predicted octanol–water partition coefficient (Wildman–Crippen LogP) is 2.57. The van der Waals surface area contributed by atoms with Gasteiger partial charge in [-0.3, -0.25) is 14.4 Å². The highest BCUT2D eigenvalue weighted by Gasteiger charge is 2.31. The van der Waals surface area contributed by atoms with Gasteiger partial charge in [-0.1, -0.05) is 19.1 Å². The smallest absolute Gasteiger partial charge is 0.265 e. The van der Waals surface area contributed by atoms with Gasteiger partial charge in [-0.25, -0.2) is 8.42 Å². The van der Waals surface area contributed by atoms with Crippen molar-refractivity contribution in [3.05, 3.63) is 47.5 Å². The van der Waals surface area contributed by atoms with Crippen molar-refractivity contribution in [2.45, 2.75) is 38.2 Å². The third-order valence-corrected chi connectivity index (χ3v) is 7.02. The zero-order valence-corrected chi connectivity index (χ0v) is 19.1. The molecule has 3 rings (SSSR count). The molecule has 0 spiro atoms. The van der Waals surface area contributed by atoms with Crippen LogP contribution in [-0.2, 0) is 19.6 Å². The van der Waals surface area contributed by atoms with Gasteiger partial charge >= 0.3 is 0 Å². The molecule has 1 atom stereocenters. The van der Waals surface area contributed by atoms with Crippen LogP contribution in [0.15, 0.2) is 41.3 Å². The van der Waals surface area contributed by atoms with E-state index in [1.165, 1.54) is 32.2 Å². The summed E-state index contributed by atoms with van der Waals surface area (Å²) in [5.74, 6) is -0.716. The lowest BCUT2D eigenvalue weighted by atomic mass is 10.1. The van der Waals surface area contributed by atoms with Crippen LogP contribution in [0, 0.1) is 6.92 Å². The van der Waals surface area contributed by atoms with Gasteiger partial charge in [0.2, 0.25) is 15.9 Å². The Kier molecular flexibility index (Phi) is 6.65. The van der Waals surface area contributed by atoms with E-state index in [0.717, 1.165) is 4.31 Å². The Morgan fingerprint density at radius 3 is 2.59 bits per heavy atom. The van der Waals surface area contributed by atoms with Crippen molar-refractivity contribution in [2.24, 2.45) is 0 Å². The van der Waals surface area contributed by atoms with E-state index in [9.17, 15) is 22.8 Å². The molecule has 0 saturated carbocycles. The van der Waals surface area contributed by atoms with Crippen LogP contribution in [0.25, 0.3) is 0 Å². The first-order valence-electron chi connectivity index (χ1n) is 10.0. The fraction of sp³-hybridized carbons (Fsp3) is 0.318. The maximum absolute atomic E-state index is 13.1. The van der Waals surface area contributed by atoms with E-state index in [1.807, 2.05) is 0 Å². The van der Waals surface area contributed by atoms with Crippen molar-refractivity contribution < 1.29 is 27.5 Å². The molecule has 32 heavy (non-hydrogen) atoms. The third kappa shape index (κ3) is 4.81. The van der Waals surface area contributed by atoms with Crippen LogP contribution >= 0.6 is 0 Å². The van der Waals surface area contributed by atoms with Crippen LogP contribution in [-0.4, -0.2) is 50.0 Å². The van der Waals surface area contributed by atoms with Gasteiger partial charge in [-0.05, 0) is 44.0 Å². The zero-order chi connectivity index (χ0) is 23.6. The quantitative estimate of drug-likeness (QED) is 0.614. The van der Waals surface area contributed by atoms with Crippen LogP contribution in [0.1, 0.15) is 36.2 Å². The fourth-order valence-electron chi connectivity index (χ4n) is 3.30. The SMILES string of the molecule is CC[C@H]1Oc2cc(S(=O)(=O)N(C)CC(=O)Nc3cccc(C(C)=O)c3)c(C)cc2NC1=O. The number of carbonyl (C=O) groups is 3. The van der Waals surface area contributed by atoms with E-state index >= 15 is 0 Å². The highest BCUT2D eigenvalue weighted by Crippen LogP contribution is 2.35. The molecule has 0 aliphatic carbocycles. The van der Waals surface area contributed by atoms with Crippen LogP contribution in [0.2, 0.25) is 0 Å². The summed E-state index contributed by atoms with van der Waals surface area (Å²) in [7, 11) is -2.72. The van der Waals surface area contributed by atoms with E-state index in [4.69, 9.17) is 4.74 Å². The molecular weight excluding hydrogens is 434 g/mol. The van der Waals surface area contributed by atoms with Gasteiger partial charge in [-0.2, -0.15) is 4.31 Å². The van der Waals surface area contributed by atoms with Gasteiger partial charge < -0.3 is 15.4 Å². The third-order valence-electron chi connectivity index (χ3n) is 5.07. The number of nitrogens with zero attached hydrogens (tertiary/aromatic N) is 1. The Bertz CT molecular complexity index is 1190. The van der Waals surface area contributed by atoms with Gasteiger partial charge in [0.25, 0.3) is 5.91 Å². The molecule has 9 nitrogen and oxygen atoms in total. The van der Waals surface area contributed by atoms with Crippen LogP contribution in [0.4, 0.5) is 11.4 Å². The second-order valence-corrected chi connectivity index (χ2v) is 9.58. The first kappa shape index (κ1) is 23.4. The number of amides is 2. The molecule has 0 bridgehead atoms. The molecule has 0 radical (unpaired) electrons. The Labute approximate surface area is 186 Å². The molecule has 2 N–H and O–H groups in total. The van der Waals surface area contributed by atoms with Crippen LogP contribution < -0.4 is 15.4 Å². The topological polar surface area (TPSA) is 122 Å². The lowest BCUT2D eigenvalue weighted by molar-refractivity contribution is -0.123. The molecule has 0 fully saturated rings. The van der Waals surface area contributed by atoms with Crippen LogP contribution in [0.5, 0.6) is 5.75 Å². The number of rotatable bonds is 7. The minimum atomic E-state index is -4.02. The van der Waals surface area contributed by atoms with E-state index in [2.05, 4.69) is 10.6 Å². The van der Waals surface area contributed by atoms with Gasteiger partial charge in [0.15, 0.2) is 11.9 Å². The highest BCUT2D eigenvalue weighted by atomic mass is 32.2. The molecular formula is C22H25N3O6S. The van der Waals surface area contributed by atoms with Crippen molar-refractivity contribution in [3.63, 3.8) is 0 Å². The Morgan fingerprint density at radius 1 is 1.22 bits per heavy atom. The minimum Gasteiger partial charge on any atom is -0.478 e. The number of Topliss-reactive ketones (excluding diaryl/α,β-unsaturated/α-hetero) is 1. The number of nitrogens with one attached hydrogen (secondary N) is 2. The van der Waals surface area contributed by atoms with Gasteiger partial charge in [0.05, 0.1) is 17.1 Å². The van der Waals surface area contributed by atoms with Crippen molar-refractivity contribution in [1.82, 2.24) is 4.31 Å². The molecule has 170 valence electrons. The monoisotopic (exact) mass is 459 g/mol. The van der Waals surface area contributed by atoms with Crippen molar-refractivity contribution in [2.75, 3.05) is 24.2 Å². The molecule has 1 aliphatic heterocycles. The number of anilines is 2. The van der Waals surface area contributed by atoms with Crippen LogP contribution in [0.3, 0.4) is 0 Å². The van der Waals surface area contributed by atoms with E-state index in [0.29, 0.717) is 28.9 Å². The van der Waals surface area contributed by atoms with E-state index in [-0.39, 0.29) is 22.3 Å². The largest absolute Gasteiger partial charge is 0.478 e. The second-order valence-electron chi connectivity index (χ2n) is 7.56. The molecule has 1 heterocycles. The molecule has 0 aromatic heterocycles. The number of hydrogen-bond donors (Lipinski definition) is 2. The first-order valence-corrected chi connectivity index (χ1v) is 11.5. The maximum atomic E-state index is 13.1. The fourth-order valence-corrected chi connectivity index (χ4v) is 4.65. The normalized spacial score (nSPS) is 15.5. The number of likely N-dealkylation sites (N-methyl/N-ethyl adjacent to an activating group) is 1. The maximum Gasteiger partial charge on any atom is 0.265 e. The summed E-state index contributed by atoms with van der Waals surface area (Å²) < 4.78 is 32.9. The summed E-state index contributed by atoms with van der Waals surface area (Å²) in [6.07, 6.45) is -0.262. The van der Waals surface area contributed by atoms with Gasteiger partial charge in [0, 0.05) is 24.4 Å². The van der Waals surface area contributed by atoms with Gasteiger partial charge in [-0.15, -0.1) is 0 Å². The highest BCUT2D eigenvalue weighted by molar-refractivity contribution is 7.89. The van der Waals surface area contributed by atoms with Gasteiger partial charge in [0.1, 0.15) is 5.75 Å². The summed E-state index contributed by atoms with van der Waals surface area (Å²) >= 11 is 0. The van der Waals surface area contributed by atoms with E-state index < -0.39 is 28.6 Å². The van der Waals surface area contributed by atoms with Crippen molar-refractivity contribution in [3.8, 4) is 5.75 Å². The number of ketones is 1. The first-order chi connectivity index (χ1) is 15.0. The number of sulfonamides is 1. The molecule has 1 aliphatic rings. The predicted molar refractivity (Wildman–Crippen MR) is 119 cm³/mol. The summed E-state index contributed by atoms with van der Waals surface area (Å²) in [6, 6.07) is 9.30. The number of aryl methyl sites for hydroxylation is 1. The Hall–Kier alpha value is -3.24. The summed E-state index contributed by atoms with van der Waals surface area (Å²) in [4.78, 5) is 35.9. The molecule has 2 aromatic rings. The molecule has 0 unspecified atom stereocenters. The minimum absolute atomic E-state index is 0.0175. The average molecular weight is 460 g/mol. The number of hydrogen-bond acceptors (Lipinski definition) is 6. The summed E-state index contributed by atoms with van der Waals surface area (Å²) in [6.45, 7) is 4.38. The zero-order valence-electron chi connectivity index (χ0n) is 18.3. The lowest BCUT2D eigenvalue weighted by Crippen LogP contribution is -2.37. The standard InChI is InChI=1S/C22H25N3O6S/c1-5-18-22(28)24-17-9-13(2)20(11-19(17)31-18)32(29,30)25(4)12-21(27)23-16-8-6-7-15(10-16)14(3)26/h6-11,18H,5,12H2,1-4H3,(H,23,27)(H,24,28)/t18-/m1/s1. The average Bonchev–Trinajstić information content (AvgIpc) is 2.72. The molecule has 2 amide bonds. The van der Waals surface area contributed by atoms with Crippen molar-refractivity contribution in [1.29, 1.82) is 0 Å². The lowest BCUT2D eigenvalue weighted by Gasteiger charge is -2.27. The molecule has 0 saturated heterocycles. The molecule has 2 aromatic carbocycles. The second kappa shape index (κ2) is 9.09. The Morgan fingerprint density at radius 2 is 1.94 bits per heavy atom. The Balaban J connectivity index is 1.79. The van der Waals surface area contributed by atoms with Crippen molar-refractivity contribution >= 4 is 39.0 Å². The summed E-state index contributed by atoms with van der Waals surface area (Å²) in [5, 5.41) is 5.33.